The van der Waals surface area contributed by atoms with Gasteiger partial charge in [0.05, 0.1) is 12.8 Å². The van der Waals surface area contributed by atoms with Gasteiger partial charge in [-0.3, -0.25) is 4.98 Å². The number of hydrogen-bond acceptors (Lipinski definition) is 3. The van der Waals surface area contributed by atoms with Gasteiger partial charge in [-0.1, -0.05) is 13.8 Å². The topological polar surface area (TPSA) is 34.1 Å². The van der Waals surface area contributed by atoms with Crippen LogP contribution in [0.2, 0.25) is 0 Å². The molecule has 1 aromatic heterocycles. The highest BCUT2D eigenvalue weighted by molar-refractivity contribution is 6.20. The van der Waals surface area contributed by atoms with Crippen LogP contribution in [0.4, 0.5) is 0 Å². The molecular weight excluding hydrogens is 236 g/mol. The van der Waals surface area contributed by atoms with Crippen LogP contribution in [0, 0.1) is 12.8 Å². The minimum Gasteiger partial charge on any atom is -0.497 e. The molecule has 1 heterocycles. The summed E-state index contributed by atoms with van der Waals surface area (Å²) in [4.78, 5) is 4.44. The number of nitrogens with zero attached hydrogens (tertiary/aromatic N) is 1. The largest absolute Gasteiger partial charge is 0.497 e. The molecule has 1 unspecified atom stereocenters. The number of aryl methyl sites for hydroxylation is 1. The normalized spacial score (nSPS) is 12.8. The van der Waals surface area contributed by atoms with Crippen LogP contribution < -0.4 is 10.1 Å². The van der Waals surface area contributed by atoms with Gasteiger partial charge in [-0.25, -0.2) is 0 Å². The fourth-order valence-corrected chi connectivity index (χ4v) is 1.59. The molecule has 0 bridgehead atoms. The van der Waals surface area contributed by atoms with Crippen LogP contribution in [-0.2, 0) is 6.54 Å². The quantitative estimate of drug-likeness (QED) is 0.795. The summed E-state index contributed by atoms with van der Waals surface area (Å²) in [5, 5.41) is 3.47. The highest BCUT2D eigenvalue weighted by Gasteiger charge is 2.09. The molecule has 0 aliphatic rings. The summed E-state index contributed by atoms with van der Waals surface area (Å²) < 4.78 is 5.21. The maximum absolute atomic E-state index is 6.16. The predicted molar refractivity (Wildman–Crippen MR) is 71.7 cm³/mol. The lowest BCUT2D eigenvalue weighted by Gasteiger charge is -2.14. The Kier molecular flexibility index (Phi) is 5.72. The second-order valence-electron chi connectivity index (χ2n) is 4.53. The van der Waals surface area contributed by atoms with E-state index in [2.05, 4.69) is 24.1 Å². The zero-order chi connectivity index (χ0) is 12.8. The Balaban J connectivity index is 2.49. The average Bonchev–Trinajstić information content (AvgIpc) is 2.27. The molecule has 0 saturated heterocycles. The predicted octanol–water partition coefficient (Wildman–Crippen LogP) is 2.75. The third-order valence-electron chi connectivity index (χ3n) is 2.58. The zero-order valence-corrected chi connectivity index (χ0v) is 11.7. The van der Waals surface area contributed by atoms with Gasteiger partial charge < -0.3 is 10.1 Å². The molecule has 1 atom stereocenters. The Morgan fingerprint density at radius 2 is 2.12 bits per heavy atom. The molecule has 0 aliphatic carbocycles. The molecule has 0 amide bonds. The monoisotopic (exact) mass is 256 g/mol. The number of ether oxygens (including phenoxy) is 1. The molecule has 0 radical (unpaired) electrons. The lowest BCUT2D eigenvalue weighted by Crippen LogP contribution is -2.26. The summed E-state index contributed by atoms with van der Waals surface area (Å²) in [6, 6.07) is 3.86. The summed E-state index contributed by atoms with van der Waals surface area (Å²) >= 11 is 6.16. The molecule has 3 nitrogen and oxygen atoms in total. The number of halogens is 1. The van der Waals surface area contributed by atoms with E-state index in [1.807, 2.05) is 19.1 Å². The van der Waals surface area contributed by atoms with Crippen LogP contribution in [0.25, 0.3) is 0 Å². The number of methoxy groups -OCH3 is 1. The van der Waals surface area contributed by atoms with Gasteiger partial charge in [0.25, 0.3) is 0 Å². The van der Waals surface area contributed by atoms with E-state index in [-0.39, 0.29) is 5.38 Å². The van der Waals surface area contributed by atoms with Crippen LogP contribution in [0.5, 0.6) is 5.75 Å². The molecule has 0 aliphatic heterocycles. The van der Waals surface area contributed by atoms with E-state index < -0.39 is 0 Å². The van der Waals surface area contributed by atoms with Gasteiger partial charge in [0.15, 0.2) is 0 Å². The second kappa shape index (κ2) is 6.82. The number of pyridine rings is 1. The minimum absolute atomic E-state index is 0.154. The lowest BCUT2D eigenvalue weighted by molar-refractivity contribution is 0.412. The summed E-state index contributed by atoms with van der Waals surface area (Å²) in [6.07, 6.45) is 0. The summed E-state index contributed by atoms with van der Waals surface area (Å²) in [7, 11) is 1.67. The number of nitrogens with one attached hydrogen (secondary N) is 1. The van der Waals surface area contributed by atoms with Crippen LogP contribution in [0.1, 0.15) is 25.2 Å². The van der Waals surface area contributed by atoms with Crippen molar-refractivity contribution in [2.75, 3.05) is 13.7 Å². The first kappa shape index (κ1) is 14.3. The van der Waals surface area contributed by atoms with Crippen LogP contribution in [0.15, 0.2) is 12.1 Å². The van der Waals surface area contributed by atoms with Gasteiger partial charge in [-0.05, 0) is 12.8 Å². The Hall–Kier alpha value is -0.800. The third kappa shape index (κ3) is 4.92. The van der Waals surface area contributed by atoms with E-state index >= 15 is 0 Å². The van der Waals surface area contributed by atoms with Crippen molar-refractivity contribution in [1.29, 1.82) is 0 Å². The first-order chi connectivity index (χ1) is 8.02. The van der Waals surface area contributed by atoms with Crippen molar-refractivity contribution in [2.45, 2.75) is 32.7 Å². The summed E-state index contributed by atoms with van der Waals surface area (Å²) in [6.45, 7) is 7.70. The Morgan fingerprint density at radius 1 is 1.41 bits per heavy atom. The third-order valence-corrected chi connectivity index (χ3v) is 3.24. The molecule has 1 rings (SSSR count). The molecule has 0 aromatic carbocycles. The van der Waals surface area contributed by atoms with E-state index in [0.717, 1.165) is 23.7 Å². The molecule has 0 spiro atoms. The molecule has 0 saturated carbocycles. The van der Waals surface area contributed by atoms with Crippen molar-refractivity contribution in [3.8, 4) is 5.75 Å². The van der Waals surface area contributed by atoms with E-state index in [1.54, 1.807) is 7.11 Å². The van der Waals surface area contributed by atoms with Crippen molar-refractivity contribution >= 4 is 11.6 Å². The van der Waals surface area contributed by atoms with Gasteiger partial charge in [0, 0.05) is 36.3 Å². The zero-order valence-electron chi connectivity index (χ0n) is 11.0. The molecule has 1 N–H and O–H groups in total. The summed E-state index contributed by atoms with van der Waals surface area (Å²) in [5.41, 5.74) is 1.95. The Bertz CT molecular complexity index is 355. The van der Waals surface area contributed by atoms with Gasteiger partial charge >= 0.3 is 0 Å². The van der Waals surface area contributed by atoms with Gasteiger partial charge in [-0.2, -0.15) is 0 Å². The maximum atomic E-state index is 6.16. The van der Waals surface area contributed by atoms with Gasteiger partial charge in [0.2, 0.25) is 0 Å². The first-order valence-electron chi connectivity index (χ1n) is 5.89. The number of hydrogen-bond donors (Lipinski definition) is 1. The number of rotatable bonds is 6. The lowest BCUT2D eigenvalue weighted by atomic mass is 10.1. The van der Waals surface area contributed by atoms with E-state index in [0.29, 0.717) is 12.5 Å². The highest BCUT2D eigenvalue weighted by Crippen LogP contribution is 2.13. The van der Waals surface area contributed by atoms with E-state index in [4.69, 9.17) is 16.3 Å². The first-order valence-corrected chi connectivity index (χ1v) is 6.33. The molecule has 17 heavy (non-hydrogen) atoms. The van der Waals surface area contributed by atoms with Gasteiger partial charge in [0.1, 0.15) is 5.75 Å². The van der Waals surface area contributed by atoms with Crippen LogP contribution >= 0.6 is 11.6 Å². The van der Waals surface area contributed by atoms with Crippen molar-refractivity contribution in [2.24, 2.45) is 5.92 Å². The van der Waals surface area contributed by atoms with Crippen molar-refractivity contribution < 1.29 is 4.74 Å². The van der Waals surface area contributed by atoms with Crippen molar-refractivity contribution in [1.82, 2.24) is 10.3 Å². The minimum atomic E-state index is 0.154. The molecule has 96 valence electrons. The molecular formula is C13H21ClN2O. The van der Waals surface area contributed by atoms with Crippen molar-refractivity contribution in [3.05, 3.63) is 23.5 Å². The van der Waals surface area contributed by atoms with Crippen molar-refractivity contribution in [3.63, 3.8) is 0 Å². The molecule has 0 fully saturated rings. The smallest absolute Gasteiger partial charge is 0.122 e. The number of aromatic nitrogens is 1. The van der Waals surface area contributed by atoms with Crippen LogP contribution in [-0.4, -0.2) is 24.0 Å². The standard InChI is InChI=1S/C13H21ClN2O/c1-9(2)13(14)8-15-7-11-6-12(17-4)5-10(3)16-11/h5-6,9,13,15H,7-8H2,1-4H3. The fourth-order valence-electron chi connectivity index (χ4n) is 1.49. The second-order valence-corrected chi connectivity index (χ2v) is 5.09. The average molecular weight is 257 g/mol. The maximum Gasteiger partial charge on any atom is 0.122 e. The Morgan fingerprint density at radius 3 is 2.71 bits per heavy atom. The van der Waals surface area contributed by atoms with E-state index in [1.165, 1.54) is 0 Å². The van der Waals surface area contributed by atoms with Gasteiger partial charge in [-0.15, -0.1) is 11.6 Å². The Labute approximate surface area is 109 Å². The fraction of sp³-hybridized carbons (Fsp3) is 0.615. The van der Waals surface area contributed by atoms with Crippen LogP contribution in [0.3, 0.4) is 0 Å². The molecule has 1 aromatic rings. The molecule has 4 heteroatoms. The highest BCUT2D eigenvalue weighted by atomic mass is 35.5. The summed E-state index contributed by atoms with van der Waals surface area (Å²) in [5.74, 6) is 1.32. The number of alkyl halides is 1. The van der Waals surface area contributed by atoms with E-state index in [9.17, 15) is 0 Å². The SMILES string of the molecule is COc1cc(C)nc(CNCC(Cl)C(C)C)c1.